The molecule has 3 rings (SSSR count). The molecule has 1 atom stereocenters. The number of aromatic nitrogens is 1. The Morgan fingerprint density at radius 3 is 2.76 bits per heavy atom. The average Bonchev–Trinajstić information content (AvgIpc) is 2.96. The number of hydrogen-bond donors (Lipinski definition) is 2. The predicted molar refractivity (Wildman–Crippen MR) is 96.6 cm³/mol. The van der Waals surface area contributed by atoms with Crippen LogP contribution in [0.15, 0.2) is 42.5 Å². The number of anilines is 1. The van der Waals surface area contributed by atoms with Crippen LogP contribution in [0.5, 0.6) is 0 Å². The van der Waals surface area contributed by atoms with Gasteiger partial charge in [-0.15, -0.1) is 0 Å². The van der Waals surface area contributed by atoms with Crippen molar-refractivity contribution in [3.05, 3.63) is 58.9 Å². The van der Waals surface area contributed by atoms with Crippen LogP contribution in [0, 0.1) is 5.82 Å². The molecular formula is C17H13ClFN3O2S. The molecule has 25 heavy (non-hydrogen) atoms. The van der Waals surface area contributed by atoms with E-state index >= 15 is 0 Å². The van der Waals surface area contributed by atoms with Gasteiger partial charge in [0.05, 0.1) is 20.8 Å². The molecule has 1 heterocycles. The number of halogens is 2. The number of nitrogens with zero attached hydrogens (tertiary/aromatic N) is 1. The molecule has 2 amide bonds. The van der Waals surface area contributed by atoms with E-state index in [1.54, 1.807) is 37.3 Å². The van der Waals surface area contributed by atoms with Crippen molar-refractivity contribution in [1.82, 2.24) is 10.3 Å². The predicted octanol–water partition coefficient (Wildman–Crippen LogP) is 3.85. The highest BCUT2D eigenvalue weighted by atomic mass is 35.5. The van der Waals surface area contributed by atoms with E-state index in [1.807, 2.05) is 0 Å². The Morgan fingerprint density at radius 2 is 2.00 bits per heavy atom. The minimum absolute atomic E-state index is 0.291. The molecule has 5 nitrogen and oxygen atoms in total. The van der Waals surface area contributed by atoms with Gasteiger partial charge < -0.3 is 10.6 Å². The number of carbonyl (C=O) groups is 2. The monoisotopic (exact) mass is 377 g/mol. The van der Waals surface area contributed by atoms with Gasteiger partial charge in [0.25, 0.3) is 5.91 Å². The van der Waals surface area contributed by atoms with Crippen molar-refractivity contribution in [2.24, 2.45) is 0 Å². The lowest BCUT2D eigenvalue weighted by Crippen LogP contribution is -2.41. The topological polar surface area (TPSA) is 71.1 Å². The van der Waals surface area contributed by atoms with Gasteiger partial charge in [0.2, 0.25) is 5.91 Å². The van der Waals surface area contributed by atoms with Gasteiger partial charge in [0.15, 0.2) is 5.13 Å². The Labute approximate surface area is 151 Å². The molecule has 2 N–H and O–H groups in total. The average molecular weight is 378 g/mol. The van der Waals surface area contributed by atoms with E-state index in [1.165, 1.54) is 12.1 Å². The normalized spacial score (nSPS) is 12.0. The Balaban J connectivity index is 1.67. The Kier molecular flexibility index (Phi) is 4.96. The molecule has 0 aliphatic carbocycles. The van der Waals surface area contributed by atoms with Crippen LogP contribution in [-0.2, 0) is 4.79 Å². The summed E-state index contributed by atoms with van der Waals surface area (Å²) in [5.74, 6) is -1.24. The van der Waals surface area contributed by atoms with Crippen molar-refractivity contribution in [3.8, 4) is 0 Å². The Hall–Kier alpha value is -2.51. The van der Waals surface area contributed by atoms with Gasteiger partial charge in [-0.25, -0.2) is 9.37 Å². The van der Waals surface area contributed by atoms with Crippen molar-refractivity contribution in [2.45, 2.75) is 13.0 Å². The van der Waals surface area contributed by atoms with Crippen LogP contribution in [0.4, 0.5) is 9.52 Å². The van der Waals surface area contributed by atoms with Crippen LogP contribution in [0.3, 0.4) is 0 Å². The van der Waals surface area contributed by atoms with E-state index in [9.17, 15) is 14.0 Å². The second-order valence-corrected chi connectivity index (χ2v) is 6.73. The first-order valence-electron chi connectivity index (χ1n) is 7.36. The van der Waals surface area contributed by atoms with Gasteiger partial charge in [0.1, 0.15) is 11.9 Å². The van der Waals surface area contributed by atoms with E-state index in [2.05, 4.69) is 15.6 Å². The number of benzene rings is 2. The fraction of sp³-hybridized carbons (Fsp3) is 0.118. The third-order valence-corrected chi connectivity index (χ3v) is 4.70. The number of carbonyl (C=O) groups excluding carboxylic acids is 2. The largest absolute Gasteiger partial charge is 0.340 e. The quantitative estimate of drug-likeness (QED) is 0.725. The maximum atomic E-state index is 13.2. The lowest BCUT2D eigenvalue weighted by Gasteiger charge is -2.13. The first-order valence-corrected chi connectivity index (χ1v) is 8.56. The molecule has 0 saturated heterocycles. The highest BCUT2D eigenvalue weighted by Gasteiger charge is 2.19. The summed E-state index contributed by atoms with van der Waals surface area (Å²) in [6, 6.07) is 9.97. The van der Waals surface area contributed by atoms with Crippen molar-refractivity contribution < 1.29 is 14.0 Å². The number of hydrogen-bond acceptors (Lipinski definition) is 4. The second kappa shape index (κ2) is 7.16. The summed E-state index contributed by atoms with van der Waals surface area (Å²) in [7, 11) is 0. The van der Waals surface area contributed by atoms with E-state index in [4.69, 9.17) is 11.6 Å². The molecule has 0 aliphatic rings. The number of nitrogens with one attached hydrogen (secondary N) is 2. The summed E-state index contributed by atoms with van der Waals surface area (Å²) in [5, 5.41) is 5.85. The van der Waals surface area contributed by atoms with E-state index < -0.39 is 17.9 Å². The first-order chi connectivity index (χ1) is 11.9. The zero-order valence-corrected chi connectivity index (χ0v) is 14.6. The number of amides is 2. The molecule has 128 valence electrons. The smallest absolute Gasteiger partial charge is 0.253 e. The summed E-state index contributed by atoms with van der Waals surface area (Å²) >= 11 is 7.13. The molecule has 8 heteroatoms. The summed E-state index contributed by atoms with van der Waals surface area (Å²) < 4.78 is 13.8. The maximum Gasteiger partial charge on any atom is 0.253 e. The van der Waals surface area contributed by atoms with Crippen molar-refractivity contribution in [2.75, 3.05) is 5.32 Å². The zero-order valence-electron chi connectivity index (χ0n) is 13.0. The molecule has 0 bridgehead atoms. The highest BCUT2D eigenvalue weighted by Crippen LogP contribution is 2.26. The summed E-state index contributed by atoms with van der Waals surface area (Å²) in [4.78, 5) is 28.6. The van der Waals surface area contributed by atoms with Crippen LogP contribution in [0.25, 0.3) is 10.2 Å². The standard InChI is InChI=1S/C17H13ClFN3O2S/c1-9(20-16(24)11-4-2-3-5-12(11)18)15(23)22-17-21-13-7-6-10(19)8-14(13)25-17/h2-9H,1H3,(H,20,24)(H,21,22,23). The fourth-order valence-electron chi connectivity index (χ4n) is 2.15. The molecular weight excluding hydrogens is 365 g/mol. The zero-order chi connectivity index (χ0) is 18.0. The molecule has 2 aromatic carbocycles. The number of rotatable bonds is 4. The summed E-state index contributed by atoms with van der Waals surface area (Å²) in [6.07, 6.45) is 0. The van der Waals surface area contributed by atoms with Crippen molar-refractivity contribution in [3.63, 3.8) is 0 Å². The summed E-state index contributed by atoms with van der Waals surface area (Å²) in [6.45, 7) is 1.55. The molecule has 0 spiro atoms. The van der Waals surface area contributed by atoms with E-state index in [0.717, 1.165) is 11.3 Å². The van der Waals surface area contributed by atoms with Crippen LogP contribution in [0.1, 0.15) is 17.3 Å². The maximum absolute atomic E-state index is 13.2. The van der Waals surface area contributed by atoms with Crippen molar-refractivity contribution in [1.29, 1.82) is 0 Å². The van der Waals surface area contributed by atoms with Crippen LogP contribution >= 0.6 is 22.9 Å². The van der Waals surface area contributed by atoms with Gasteiger partial charge >= 0.3 is 0 Å². The molecule has 3 aromatic rings. The fourth-order valence-corrected chi connectivity index (χ4v) is 3.27. The summed E-state index contributed by atoms with van der Waals surface area (Å²) in [5.41, 5.74) is 0.883. The second-order valence-electron chi connectivity index (χ2n) is 5.30. The van der Waals surface area contributed by atoms with Crippen LogP contribution in [-0.4, -0.2) is 22.8 Å². The van der Waals surface area contributed by atoms with Gasteiger partial charge in [0, 0.05) is 0 Å². The van der Waals surface area contributed by atoms with Gasteiger partial charge in [-0.1, -0.05) is 35.1 Å². The Bertz CT molecular complexity index is 960. The Morgan fingerprint density at radius 1 is 1.24 bits per heavy atom. The number of fused-ring (bicyclic) bond motifs is 1. The van der Waals surface area contributed by atoms with Gasteiger partial charge in [-0.3, -0.25) is 9.59 Å². The highest BCUT2D eigenvalue weighted by molar-refractivity contribution is 7.22. The molecule has 0 fully saturated rings. The molecule has 0 radical (unpaired) electrons. The van der Waals surface area contributed by atoms with Crippen LogP contribution in [0.2, 0.25) is 5.02 Å². The third-order valence-electron chi connectivity index (χ3n) is 3.44. The van der Waals surface area contributed by atoms with E-state index in [0.29, 0.717) is 25.9 Å². The number of thiazole rings is 1. The van der Waals surface area contributed by atoms with Gasteiger partial charge in [-0.2, -0.15) is 0 Å². The molecule has 0 saturated carbocycles. The van der Waals surface area contributed by atoms with E-state index in [-0.39, 0.29) is 5.82 Å². The lowest BCUT2D eigenvalue weighted by atomic mass is 10.2. The molecule has 0 aliphatic heterocycles. The molecule has 1 aromatic heterocycles. The third kappa shape index (κ3) is 3.94. The SMILES string of the molecule is CC(NC(=O)c1ccccc1Cl)C(=O)Nc1nc2ccc(F)cc2s1. The van der Waals surface area contributed by atoms with Crippen LogP contribution < -0.4 is 10.6 Å². The van der Waals surface area contributed by atoms with Gasteiger partial charge in [-0.05, 0) is 37.3 Å². The minimum Gasteiger partial charge on any atom is -0.340 e. The minimum atomic E-state index is -0.799. The molecule has 1 unspecified atom stereocenters. The first kappa shape index (κ1) is 17.3. The lowest BCUT2D eigenvalue weighted by molar-refractivity contribution is -0.117. The van der Waals surface area contributed by atoms with Crippen molar-refractivity contribution >= 4 is 50.1 Å².